The third-order valence-electron chi connectivity index (χ3n) is 3.18. The normalized spacial score (nSPS) is 35.6. The summed E-state index contributed by atoms with van der Waals surface area (Å²) in [5.74, 6) is 3.79. The van der Waals surface area contributed by atoms with Crippen LogP contribution in [0.4, 0.5) is 0 Å². The number of carbonyl (C=O) groups is 1. The maximum Gasteiger partial charge on any atom is 0.224 e. The van der Waals surface area contributed by atoms with Gasteiger partial charge in [0.05, 0.1) is 19.3 Å². The first kappa shape index (κ1) is 9.54. The van der Waals surface area contributed by atoms with E-state index in [1.807, 2.05) is 6.92 Å². The standard InChI is InChI=1S/C11H15NO2/c1-3-7(4-2)12-11(13)10-8-5-14-6-9(8)10/h1,7-10H,4-6H2,2H3,(H,12,13). The predicted molar refractivity (Wildman–Crippen MR) is 52.3 cm³/mol. The minimum absolute atomic E-state index is 0.107. The third kappa shape index (κ3) is 1.51. The molecule has 3 nitrogen and oxygen atoms in total. The molecule has 3 atom stereocenters. The molecule has 2 aliphatic rings. The minimum Gasteiger partial charge on any atom is -0.381 e. The molecule has 0 aromatic heterocycles. The van der Waals surface area contributed by atoms with Crippen molar-refractivity contribution in [1.82, 2.24) is 5.32 Å². The summed E-state index contributed by atoms with van der Waals surface area (Å²) in [6, 6.07) is -0.107. The zero-order valence-electron chi connectivity index (χ0n) is 8.32. The first-order chi connectivity index (χ1) is 6.77. The molecule has 0 aromatic rings. The summed E-state index contributed by atoms with van der Waals surface area (Å²) in [5.41, 5.74) is 0. The van der Waals surface area contributed by atoms with Crippen LogP contribution in [0.25, 0.3) is 0 Å². The largest absolute Gasteiger partial charge is 0.381 e. The SMILES string of the molecule is C#CC(CC)NC(=O)C1C2COCC21. The van der Waals surface area contributed by atoms with Gasteiger partial charge in [-0.15, -0.1) is 6.42 Å². The van der Waals surface area contributed by atoms with Crippen LogP contribution < -0.4 is 5.32 Å². The summed E-state index contributed by atoms with van der Waals surface area (Å²) in [6.07, 6.45) is 6.07. The predicted octanol–water partition coefficient (Wildman–Crippen LogP) is 0.407. The van der Waals surface area contributed by atoms with E-state index in [2.05, 4.69) is 11.2 Å². The van der Waals surface area contributed by atoms with E-state index in [0.717, 1.165) is 19.6 Å². The maximum absolute atomic E-state index is 11.7. The van der Waals surface area contributed by atoms with Crippen LogP contribution in [0.2, 0.25) is 0 Å². The zero-order valence-corrected chi connectivity index (χ0v) is 8.32. The summed E-state index contributed by atoms with van der Waals surface area (Å²) in [7, 11) is 0. The smallest absolute Gasteiger partial charge is 0.224 e. The van der Waals surface area contributed by atoms with Gasteiger partial charge < -0.3 is 10.1 Å². The van der Waals surface area contributed by atoms with E-state index in [1.165, 1.54) is 0 Å². The molecule has 2 fully saturated rings. The first-order valence-electron chi connectivity index (χ1n) is 5.12. The Hall–Kier alpha value is -1.01. The van der Waals surface area contributed by atoms with Crippen molar-refractivity contribution in [3.63, 3.8) is 0 Å². The van der Waals surface area contributed by atoms with Gasteiger partial charge in [0.1, 0.15) is 0 Å². The molecule has 1 aliphatic heterocycles. The van der Waals surface area contributed by atoms with Crippen LogP contribution in [0.1, 0.15) is 13.3 Å². The first-order valence-corrected chi connectivity index (χ1v) is 5.12. The molecule has 0 bridgehead atoms. The summed E-state index contributed by atoms with van der Waals surface area (Å²) < 4.78 is 5.22. The molecule has 0 spiro atoms. The quantitative estimate of drug-likeness (QED) is 0.659. The lowest BCUT2D eigenvalue weighted by Crippen LogP contribution is -2.35. The number of rotatable bonds is 3. The number of carbonyl (C=O) groups excluding carboxylic acids is 1. The van der Waals surface area contributed by atoms with Gasteiger partial charge in [0.15, 0.2) is 0 Å². The lowest BCUT2D eigenvalue weighted by molar-refractivity contribution is -0.124. The topological polar surface area (TPSA) is 38.3 Å². The number of nitrogens with one attached hydrogen (secondary N) is 1. The molecule has 2 rings (SSSR count). The highest BCUT2D eigenvalue weighted by Crippen LogP contribution is 2.50. The molecule has 76 valence electrons. The van der Waals surface area contributed by atoms with E-state index in [0.29, 0.717) is 11.8 Å². The highest BCUT2D eigenvalue weighted by molar-refractivity contribution is 5.83. The van der Waals surface area contributed by atoms with Crippen molar-refractivity contribution >= 4 is 5.91 Å². The Bertz CT molecular complexity index is 272. The number of ether oxygens (including phenoxy) is 1. The fourth-order valence-electron chi connectivity index (χ4n) is 2.16. The van der Waals surface area contributed by atoms with E-state index >= 15 is 0 Å². The van der Waals surface area contributed by atoms with E-state index < -0.39 is 0 Å². The molecule has 1 saturated carbocycles. The zero-order chi connectivity index (χ0) is 10.1. The molecular formula is C11H15NO2. The van der Waals surface area contributed by atoms with Crippen LogP contribution in [0.5, 0.6) is 0 Å². The number of hydrogen-bond donors (Lipinski definition) is 1. The number of terminal acetylenes is 1. The number of fused-ring (bicyclic) bond motifs is 1. The molecule has 14 heavy (non-hydrogen) atoms. The Labute approximate surface area is 84.2 Å². The van der Waals surface area contributed by atoms with Gasteiger partial charge in [0, 0.05) is 5.92 Å². The van der Waals surface area contributed by atoms with E-state index in [4.69, 9.17) is 11.2 Å². The molecule has 1 heterocycles. The van der Waals surface area contributed by atoms with Crippen LogP contribution in [0.15, 0.2) is 0 Å². The van der Waals surface area contributed by atoms with Crippen LogP contribution in [0, 0.1) is 30.1 Å². The van der Waals surface area contributed by atoms with Gasteiger partial charge in [-0.2, -0.15) is 0 Å². The Morgan fingerprint density at radius 3 is 2.79 bits per heavy atom. The molecule has 3 heteroatoms. The van der Waals surface area contributed by atoms with Crippen LogP contribution >= 0.6 is 0 Å². The van der Waals surface area contributed by atoms with Gasteiger partial charge in [0.2, 0.25) is 5.91 Å². The van der Waals surface area contributed by atoms with Crippen molar-refractivity contribution in [2.75, 3.05) is 13.2 Å². The highest BCUT2D eigenvalue weighted by atomic mass is 16.5. The fraction of sp³-hybridized carbons (Fsp3) is 0.727. The van der Waals surface area contributed by atoms with Crippen molar-refractivity contribution in [2.45, 2.75) is 19.4 Å². The molecule has 1 amide bonds. The molecule has 0 radical (unpaired) electrons. The Morgan fingerprint density at radius 1 is 1.64 bits per heavy atom. The van der Waals surface area contributed by atoms with Crippen molar-refractivity contribution in [3.05, 3.63) is 0 Å². The average Bonchev–Trinajstić information content (AvgIpc) is 2.69. The van der Waals surface area contributed by atoms with Crippen LogP contribution in [-0.2, 0) is 9.53 Å². The maximum atomic E-state index is 11.7. The van der Waals surface area contributed by atoms with Crippen LogP contribution in [-0.4, -0.2) is 25.2 Å². The molecule has 3 unspecified atom stereocenters. The third-order valence-corrected chi connectivity index (χ3v) is 3.18. The van der Waals surface area contributed by atoms with Crippen LogP contribution in [0.3, 0.4) is 0 Å². The van der Waals surface area contributed by atoms with Crippen molar-refractivity contribution in [2.24, 2.45) is 17.8 Å². The lowest BCUT2D eigenvalue weighted by Gasteiger charge is -2.11. The molecular weight excluding hydrogens is 178 g/mol. The van der Waals surface area contributed by atoms with Gasteiger partial charge >= 0.3 is 0 Å². The van der Waals surface area contributed by atoms with Gasteiger partial charge in [-0.05, 0) is 18.3 Å². The number of hydrogen-bond acceptors (Lipinski definition) is 2. The van der Waals surface area contributed by atoms with Crippen molar-refractivity contribution in [3.8, 4) is 12.3 Å². The van der Waals surface area contributed by atoms with E-state index in [9.17, 15) is 4.79 Å². The molecule has 1 N–H and O–H groups in total. The summed E-state index contributed by atoms with van der Waals surface area (Å²) in [5, 5.41) is 2.88. The van der Waals surface area contributed by atoms with Gasteiger partial charge in [0.25, 0.3) is 0 Å². The fourth-order valence-corrected chi connectivity index (χ4v) is 2.16. The Balaban J connectivity index is 1.83. The molecule has 1 aliphatic carbocycles. The summed E-state index contributed by atoms with van der Waals surface area (Å²) in [6.45, 7) is 3.47. The van der Waals surface area contributed by atoms with E-state index in [1.54, 1.807) is 0 Å². The second kappa shape index (κ2) is 3.62. The second-order valence-corrected chi connectivity index (χ2v) is 4.03. The average molecular weight is 193 g/mol. The van der Waals surface area contributed by atoms with Crippen molar-refractivity contribution in [1.29, 1.82) is 0 Å². The molecule has 0 aromatic carbocycles. The lowest BCUT2D eigenvalue weighted by atomic mass is 10.2. The van der Waals surface area contributed by atoms with Gasteiger partial charge in [-0.25, -0.2) is 0 Å². The minimum atomic E-state index is -0.107. The summed E-state index contributed by atoms with van der Waals surface area (Å²) >= 11 is 0. The highest BCUT2D eigenvalue weighted by Gasteiger charge is 2.58. The summed E-state index contributed by atoms with van der Waals surface area (Å²) in [4.78, 5) is 11.7. The van der Waals surface area contributed by atoms with Crippen molar-refractivity contribution < 1.29 is 9.53 Å². The van der Waals surface area contributed by atoms with Gasteiger partial charge in [-0.1, -0.05) is 12.8 Å². The second-order valence-electron chi connectivity index (χ2n) is 4.03. The monoisotopic (exact) mass is 193 g/mol. The Morgan fingerprint density at radius 2 is 2.29 bits per heavy atom. The van der Waals surface area contributed by atoms with E-state index in [-0.39, 0.29) is 17.9 Å². The number of amides is 1. The Kier molecular flexibility index (Phi) is 2.47. The van der Waals surface area contributed by atoms with Gasteiger partial charge in [-0.3, -0.25) is 4.79 Å². The molecule has 1 saturated heterocycles.